The third-order valence-electron chi connectivity index (χ3n) is 4.00. The van der Waals surface area contributed by atoms with Crippen LogP contribution in [0.2, 0.25) is 0 Å². The molecule has 0 bridgehead atoms. The van der Waals surface area contributed by atoms with Gasteiger partial charge in [-0.1, -0.05) is 27.7 Å². The molecule has 0 heterocycles. The predicted octanol–water partition coefficient (Wildman–Crippen LogP) is -0.638. The average molecular weight is 271 g/mol. The predicted molar refractivity (Wildman–Crippen MR) is 72.2 cm³/mol. The van der Waals surface area contributed by atoms with E-state index in [1.54, 1.807) is 0 Å². The second-order valence-corrected chi connectivity index (χ2v) is 6.18. The minimum absolute atomic E-state index is 0.0313. The molecule has 0 aromatic carbocycles. The molecule has 1 fully saturated rings. The molecular formula is C13H25N3O3. The molecule has 6 heteroatoms. The van der Waals surface area contributed by atoms with E-state index in [9.17, 15) is 14.7 Å². The van der Waals surface area contributed by atoms with Gasteiger partial charge < -0.3 is 21.5 Å². The summed E-state index contributed by atoms with van der Waals surface area (Å²) in [6.45, 7) is 7.42. The van der Waals surface area contributed by atoms with Crippen molar-refractivity contribution in [2.45, 2.75) is 52.3 Å². The molecule has 3 atom stereocenters. The number of carbonyl (C=O) groups excluding carboxylic acids is 2. The zero-order valence-corrected chi connectivity index (χ0v) is 12.1. The molecule has 19 heavy (non-hydrogen) atoms. The van der Waals surface area contributed by atoms with Crippen LogP contribution in [0.4, 0.5) is 0 Å². The van der Waals surface area contributed by atoms with Crippen molar-refractivity contribution in [1.82, 2.24) is 10.6 Å². The van der Waals surface area contributed by atoms with E-state index in [-0.39, 0.29) is 41.8 Å². The molecule has 6 nitrogen and oxygen atoms in total. The first-order chi connectivity index (χ1) is 8.66. The largest absolute Gasteiger partial charge is 0.392 e. The molecule has 5 N–H and O–H groups in total. The van der Waals surface area contributed by atoms with E-state index in [1.807, 2.05) is 27.7 Å². The van der Waals surface area contributed by atoms with Crippen LogP contribution in [0.3, 0.4) is 0 Å². The Morgan fingerprint density at radius 1 is 1.42 bits per heavy atom. The van der Waals surface area contributed by atoms with Gasteiger partial charge in [0.1, 0.15) is 0 Å². The number of hydrogen-bond acceptors (Lipinski definition) is 4. The van der Waals surface area contributed by atoms with Gasteiger partial charge in [-0.05, 0) is 12.3 Å². The third-order valence-corrected chi connectivity index (χ3v) is 4.00. The highest BCUT2D eigenvalue weighted by atomic mass is 16.3. The molecule has 0 aliphatic heterocycles. The molecule has 0 spiro atoms. The molecule has 2 amide bonds. The summed E-state index contributed by atoms with van der Waals surface area (Å²) in [7, 11) is 0. The number of carbonyl (C=O) groups is 2. The van der Waals surface area contributed by atoms with Crippen LogP contribution in [-0.2, 0) is 9.59 Å². The van der Waals surface area contributed by atoms with Crippen molar-refractivity contribution in [2.24, 2.45) is 17.1 Å². The fourth-order valence-corrected chi connectivity index (χ4v) is 1.98. The van der Waals surface area contributed by atoms with Crippen LogP contribution in [0.25, 0.3) is 0 Å². The van der Waals surface area contributed by atoms with Gasteiger partial charge in [-0.25, -0.2) is 0 Å². The average Bonchev–Trinajstić information content (AvgIpc) is 2.34. The van der Waals surface area contributed by atoms with Crippen LogP contribution >= 0.6 is 0 Å². The Hall–Kier alpha value is -1.14. The number of nitrogens with one attached hydrogen (secondary N) is 2. The molecule has 1 rings (SSSR count). The molecule has 1 saturated carbocycles. The Morgan fingerprint density at radius 2 is 2.00 bits per heavy atom. The van der Waals surface area contributed by atoms with Crippen molar-refractivity contribution >= 4 is 11.8 Å². The summed E-state index contributed by atoms with van der Waals surface area (Å²) in [5.74, 6) is -0.545. The van der Waals surface area contributed by atoms with Crippen molar-refractivity contribution < 1.29 is 14.7 Å². The third kappa shape index (κ3) is 3.67. The van der Waals surface area contributed by atoms with Crippen LogP contribution in [0, 0.1) is 11.3 Å². The lowest BCUT2D eigenvalue weighted by molar-refractivity contribution is -0.131. The van der Waals surface area contributed by atoms with E-state index in [1.165, 1.54) is 0 Å². The normalized spacial score (nSPS) is 26.5. The maximum absolute atomic E-state index is 11.7. The highest BCUT2D eigenvalue weighted by Gasteiger charge is 2.47. The van der Waals surface area contributed by atoms with Gasteiger partial charge in [-0.3, -0.25) is 9.59 Å². The highest BCUT2D eigenvalue weighted by molar-refractivity contribution is 5.87. The van der Waals surface area contributed by atoms with E-state index >= 15 is 0 Å². The summed E-state index contributed by atoms with van der Waals surface area (Å²) in [6.07, 6.45) is 0.166. The Balaban J connectivity index is 2.32. The summed E-state index contributed by atoms with van der Waals surface area (Å²) in [5, 5.41) is 14.9. The quantitative estimate of drug-likeness (QED) is 0.534. The minimum Gasteiger partial charge on any atom is -0.392 e. The van der Waals surface area contributed by atoms with Gasteiger partial charge >= 0.3 is 0 Å². The maximum atomic E-state index is 11.7. The monoisotopic (exact) mass is 271 g/mol. The van der Waals surface area contributed by atoms with Gasteiger partial charge in [0.2, 0.25) is 11.8 Å². The first-order valence-corrected chi connectivity index (χ1v) is 6.67. The van der Waals surface area contributed by atoms with E-state index < -0.39 is 6.04 Å². The van der Waals surface area contributed by atoms with Crippen LogP contribution in [0.15, 0.2) is 0 Å². The number of aliphatic hydroxyl groups excluding tert-OH is 1. The summed E-state index contributed by atoms with van der Waals surface area (Å²) in [6, 6.07) is -0.652. The maximum Gasteiger partial charge on any atom is 0.239 e. The topological polar surface area (TPSA) is 104 Å². The van der Waals surface area contributed by atoms with E-state index in [0.29, 0.717) is 6.42 Å². The zero-order chi connectivity index (χ0) is 14.8. The lowest BCUT2D eigenvalue weighted by Gasteiger charge is -2.49. The molecule has 0 aromatic rings. The number of nitrogens with two attached hydrogens (primary N) is 1. The van der Waals surface area contributed by atoms with Gasteiger partial charge in [-0.2, -0.15) is 0 Å². The fourth-order valence-electron chi connectivity index (χ4n) is 1.98. The molecule has 0 radical (unpaired) electrons. The van der Waals surface area contributed by atoms with Crippen molar-refractivity contribution in [3.8, 4) is 0 Å². The van der Waals surface area contributed by atoms with Crippen molar-refractivity contribution in [3.63, 3.8) is 0 Å². The van der Waals surface area contributed by atoms with Gasteiger partial charge in [0.15, 0.2) is 0 Å². The van der Waals surface area contributed by atoms with Gasteiger partial charge in [0, 0.05) is 11.5 Å². The molecule has 2 unspecified atom stereocenters. The first kappa shape index (κ1) is 15.9. The second kappa shape index (κ2) is 5.88. The van der Waals surface area contributed by atoms with Crippen molar-refractivity contribution in [2.75, 3.05) is 6.54 Å². The lowest BCUT2D eigenvalue weighted by Crippen LogP contribution is -2.62. The SMILES string of the molecule is CC(C)[C@H](N)C(=O)NCC(=O)NC1CC(O)C1(C)C. The molecule has 1 aliphatic carbocycles. The number of rotatable bonds is 5. The van der Waals surface area contributed by atoms with Crippen LogP contribution in [0.5, 0.6) is 0 Å². The molecule has 0 saturated heterocycles. The van der Waals surface area contributed by atoms with Gasteiger partial charge in [0.05, 0.1) is 18.7 Å². The molecule has 1 aliphatic rings. The van der Waals surface area contributed by atoms with Crippen LogP contribution in [-0.4, -0.2) is 41.7 Å². The van der Waals surface area contributed by atoms with Crippen molar-refractivity contribution in [1.29, 1.82) is 0 Å². The minimum atomic E-state index is -0.602. The fraction of sp³-hybridized carbons (Fsp3) is 0.846. The van der Waals surface area contributed by atoms with E-state index in [4.69, 9.17) is 5.73 Å². The molecular weight excluding hydrogens is 246 g/mol. The van der Waals surface area contributed by atoms with Gasteiger partial charge in [-0.15, -0.1) is 0 Å². The van der Waals surface area contributed by atoms with E-state index in [2.05, 4.69) is 10.6 Å². The van der Waals surface area contributed by atoms with Crippen LogP contribution < -0.4 is 16.4 Å². The summed E-state index contributed by atoms with van der Waals surface area (Å²) >= 11 is 0. The number of amides is 2. The molecule has 0 aromatic heterocycles. The van der Waals surface area contributed by atoms with Crippen molar-refractivity contribution in [3.05, 3.63) is 0 Å². The summed E-state index contributed by atoms with van der Waals surface area (Å²) in [4.78, 5) is 23.3. The number of hydrogen-bond donors (Lipinski definition) is 4. The van der Waals surface area contributed by atoms with Crippen LogP contribution in [0.1, 0.15) is 34.1 Å². The summed E-state index contributed by atoms with van der Waals surface area (Å²) in [5.41, 5.74) is 5.36. The Kier molecular flexibility index (Phi) is 4.92. The lowest BCUT2D eigenvalue weighted by atomic mass is 9.64. The highest BCUT2D eigenvalue weighted by Crippen LogP contribution is 2.40. The smallest absolute Gasteiger partial charge is 0.239 e. The first-order valence-electron chi connectivity index (χ1n) is 6.67. The Labute approximate surface area is 114 Å². The zero-order valence-electron chi connectivity index (χ0n) is 12.1. The van der Waals surface area contributed by atoms with Gasteiger partial charge in [0.25, 0.3) is 0 Å². The molecule has 110 valence electrons. The number of aliphatic hydroxyl groups is 1. The van der Waals surface area contributed by atoms with E-state index in [0.717, 1.165) is 0 Å². The Morgan fingerprint density at radius 3 is 2.42 bits per heavy atom. The standard InChI is InChI=1S/C13H25N3O3/c1-7(2)11(14)12(19)15-6-10(18)16-8-5-9(17)13(8,3)4/h7-9,11,17H,5-6,14H2,1-4H3,(H,15,19)(H,16,18)/t8?,9?,11-/m0/s1. The Bertz CT molecular complexity index is 355. The second-order valence-electron chi connectivity index (χ2n) is 6.18. The summed E-state index contributed by atoms with van der Waals surface area (Å²) < 4.78 is 0.